The van der Waals surface area contributed by atoms with Crippen molar-refractivity contribution in [1.29, 1.82) is 0 Å². The summed E-state index contributed by atoms with van der Waals surface area (Å²) in [7, 11) is 0. The van der Waals surface area contributed by atoms with Crippen molar-refractivity contribution in [2.45, 2.75) is 20.0 Å². The maximum Gasteiger partial charge on any atom is 0.259 e. The molecule has 0 N–H and O–H groups in total. The van der Waals surface area contributed by atoms with Crippen molar-refractivity contribution < 1.29 is 9.63 Å². The first kappa shape index (κ1) is 9.86. The molecule has 0 saturated heterocycles. The number of rotatable bonds is 2. The molecule has 1 aromatic heterocycles. The minimum absolute atomic E-state index is 0.131. The number of benzene rings is 1. The van der Waals surface area contributed by atoms with Crippen LogP contribution in [0.1, 0.15) is 24.5 Å². The van der Waals surface area contributed by atoms with Gasteiger partial charge in [-0.1, -0.05) is 28.9 Å². The molecule has 1 aromatic carbocycles. The fourth-order valence-corrected chi connectivity index (χ4v) is 1.30. The van der Waals surface area contributed by atoms with E-state index in [4.69, 9.17) is 4.52 Å². The van der Waals surface area contributed by atoms with Crippen LogP contribution < -0.4 is 0 Å². The molecule has 0 aliphatic heterocycles. The molecular weight excluding hydrogens is 192 g/mol. The third kappa shape index (κ3) is 2.05. The van der Waals surface area contributed by atoms with Crippen molar-refractivity contribution in [1.82, 2.24) is 10.1 Å². The average Bonchev–Trinajstić information content (AvgIpc) is 2.66. The minimum atomic E-state index is -0.976. The molecule has 2 aromatic rings. The molecule has 1 radical (unpaired) electrons. The van der Waals surface area contributed by atoms with Gasteiger partial charge in [-0.3, -0.25) is 0 Å². The molecule has 77 valence electrons. The van der Waals surface area contributed by atoms with E-state index in [9.17, 15) is 5.11 Å². The van der Waals surface area contributed by atoms with Gasteiger partial charge in [0.05, 0.1) is 0 Å². The topological polar surface area (TPSA) is 58.8 Å². The van der Waals surface area contributed by atoms with Crippen LogP contribution in [0.5, 0.6) is 0 Å². The molecule has 2 rings (SSSR count). The van der Waals surface area contributed by atoms with E-state index < -0.39 is 6.10 Å². The predicted molar refractivity (Wildman–Crippen MR) is 53.6 cm³/mol. The van der Waals surface area contributed by atoms with Crippen LogP contribution >= 0.6 is 0 Å². The summed E-state index contributed by atoms with van der Waals surface area (Å²) in [6.07, 6.45) is -0.976. The number of hydrogen-bond donors (Lipinski definition) is 0. The third-order valence-electron chi connectivity index (χ3n) is 2.07. The second-order valence-electron chi connectivity index (χ2n) is 3.47. The highest BCUT2D eigenvalue weighted by Gasteiger charge is 2.13. The maximum atomic E-state index is 11.0. The summed E-state index contributed by atoms with van der Waals surface area (Å²) >= 11 is 0. The smallest absolute Gasteiger partial charge is 0.259 e. The third-order valence-corrected chi connectivity index (χ3v) is 2.07. The molecule has 1 atom stereocenters. The van der Waals surface area contributed by atoms with Crippen molar-refractivity contribution in [3.05, 3.63) is 35.7 Å². The first-order valence-corrected chi connectivity index (χ1v) is 4.73. The van der Waals surface area contributed by atoms with Crippen LogP contribution in [0.2, 0.25) is 0 Å². The highest BCUT2D eigenvalue weighted by Crippen LogP contribution is 2.19. The Morgan fingerprint density at radius 1 is 1.40 bits per heavy atom. The molecule has 1 unspecified atom stereocenters. The summed E-state index contributed by atoms with van der Waals surface area (Å²) in [5.74, 6) is 0.600. The van der Waals surface area contributed by atoms with Gasteiger partial charge in [-0.05, 0) is 19.9 Å². The Morgan fingerprint density at radius 3 is 2.80 bits per heavy atom. The van der Waals surface area contributed by atoms with Gasteiger partial charge in [0, 0.05) is 5.56 Å². The summed E-state index contributed by atoms with van der Waals surface area (Å²) in [6.45, 7) is 3.47. The summed E-state index contributed by atoms with van der Waals surface area (Å²) in [5, 5.41) is 14.8. The monoisotopic (exact) mass is 203 g/mol. The molecule has 0 saturated carbocycles. The molecule has 0 aliphatic carbocycles. The maximum absolute atomic E-state index is 11.0. The molecule has 0 fully saturated rings. The number of nitrogens with zero attached hydrogens (tertiary/aromatic N) is 2. The van der Waals surface area contributed by atoms with Crippen LogP contribution in [-0.4, -0.2) is 10.1 Å². The first-order chi connectivity index (χ1) is 7.16. The van der Waals surface area contributed by atoms with Crippen LogP contribution in [0.3, 0.4) is 0 Å². The van der Waals surface area contributed by atoms with Crippen LogP contribution in [0.15, 0.2) is 28.8 Å². The fourth-order valence-electron chi connectivity index (χ4n) is 1.30. The van der Waals surface area contributed by atoms with Gasteiger partial charge in [0.2, 0.25) is 5.82 Å². The zero-order valence-corrected chi connectivity index (χ0v) is 8.60. The van der Waals surface area contributed by atoms with Crippen LogP contribution in [0, 0.1) is 6.92 Å². The van der Waals surface area contributed by atoms with Crippen LogP contribution in [0.25, 0.3) is 11.4 Å². The van der Waals surface area contributed by atoms with Gasteiger partial charge in [0.1, 0.15) is 0 Å². The van der Waals surface area contributed by atoms with Crippen LogP contribution in [-0.2, 0) is 5.11 Å². The Labute approximate surface area is 87.6 Å². The van der Waals surface area contributed by atoms with Gasteiger partial charge in [-0.15, -0.1) is 0 Å². The molecule has 0 bridgehead atoms. The van der Waals surface area contributed by atoms with Crippen molar-refractivity contribution in [3.8, 4) is 11.4 Å². The largest absolute Gasteiger partial charge is 0.336 e. The standard InChI is InChI=1S/C11H11N2O2/c1-7-4-3-5-9(6-7)10-12-11(8(2)14)15-13-10/h3-6,8H,1-2H3. The summed E-state index contributed by atoms with van der Waals surface area (Å²) in [5.41, 5.74) is 1.99. The number of aromatic nitrogens is 2. The van der Waals surface area contributed by atoms with Gasteiger partial charge in [0.15, 0.2) is 6.10 Å². The lowest BCUT2D eigenvalue weighted by atomic mass is 10.1. The van der Waals surface area contributed by atoms with Gasteiger partial charge in [-0.2, -0.15) is 4.98 Å². The summed E-state index contributed by atoms with van der Waals surface area (Å²) in [6, 6.07) is 7.74. The van der Waals surface area contributed by atoms with E-state index in [1.807, 2.05) is 31.2 Å². The molecule has 0 spiro atoms. The quantitative estimate of drug-likeness (QED) is 0.753. The van der Waals surface area contributed by atoms with Crippen LogP contribution in [0.4, 0.5) is 0 Å². The van der Waals surface area contributed by atoms with Gasteiger partial charge < -0.3 is 4.52 Å². The zero-order chi connectivity index (χ0) is 10.8. The lowest BCUT2D eigenvalue weighted by Gasteiger charge is -1.95. The minimum Gasteiger partial charge on any atom is -0.336 e. The van der Waals surface area contributed by atoms with Gasteiger partial charge in [0.25, 0.3) is 5.89 Å². The number of aryl methyl sites for hydroxylation is 1. The zero-order valence-electron chi connectivity index (χ0n) is 8.60. The van der Waals surface area contributed by atoms with E-state index in [2.05, 4.69) is 10.1 Å². The first-order valence-electron chi connectivity index (χ1n) is 4.73. The second kappa shape index (κ2) is 3.82. The molecule has 4 heteroatoms. The second-order valence-corrected chi connectivity index (χ2v) is 3.47. The fraction of sp³-hybridized carbons (Fsp3) is 0.273. The summed E-state index contributed by atoms with van der Waals surface area (Å²) < 4.78 is 4.85. The van der Waals surface area contributed by atoms with Crippen molar-refractivity contribution >= 4 is 0 Å². The Morgan fingerprint density at radius 2 is 2.20 bits per heavy atom. The Balaban J connectivity index is 2.37. The van der Waals surface area contributed by atoms with E-state index in [0.29, 0.717) is 5.82 Å². The molecule has 0 aliphatic rings. The molecule has 0 amide bonds. The Hall–Kier alpha value is -1.68. The number of hydrogen-bond acceptors (Lipinski definition) is 3. The van der Waals surface area contributed by atoms with Crippen molar-refractivity contribution in [3.63, 3.8) is 0 Å². The highest BCUT2D eigenvalue weighted by atomic mass is 16.5. The summed E-state index contributed by atoms with van der Waals surface area (Å²) in [4.78, 5) is 4.03. The van der Waals surface area contributed by atoms with E-state index in [1.165, 1.54) is 6.92 Å². The van der Waals surface area contributed by atoms with Crippen molar-refractivity contribution in [2.24, 2.45) is 0 Å². The van der Waals surface area contributed by atoms with Crippen molar-refractivity contribution in [2.75, 3.05) is 0 Å². The van der Waals surface area contributed by atoms with E-state index >= 15 is 0 Å². The Bertz CT molecular complexity index is 463. The predicted octanol–water partition coefficient (Wildman–Crippen LogP) is 2.54. The normalized spacial score (nSPS) is 12.7. The van der Waals surface area contributed by atoms with E-state index in [-0.39, 0.29) is 5.89 Å². The Kier molecular flexibility index (Phi) is 2.51. The van der Waals surface area contributed by atoms with Gasteiger partial charge in [-0.25, -0.2) is 5.11 Å². The van der Waals surface area contributed by atoms with E-state index in [1.54, 1.807) is 0 Å². The highest BCUT2D eigenvalue weighted by molar-refractivity contribution is 5.55. The molecule has 4 nitrogen and oxygen atoms in total. The molecule has 15 heavy (non-hydrogen) atoms. The average molecular weight is 203 g/mol. The lowest BCUT2D eigenvalue weighted by molar-refractivity contribution is 0.0746. The molecule has 1 heterocycles. The lowest BCUT2D eigenvalue weighted by Crippen LogP contribution is -1.88. The SMILES string of the molecule is Cc1cccc(-c2noc(C(C)[O])n2)c1. The molecular formula is C11H11N2O2. The van der Waals surface area contributed by atoms with Gasteiger partial charge >= 0.3 is 0 Å². The van der Waals surface area contributed by atoms with E-state index in [0.717, 1.165) is 11.1 Å².